The van der Waals surface area contributed by atoms with Gasteiger partial charge in [0.15, 0.2) is 0 Å². The molecule has 11 heavy (non-hydrogen) atoms. The molecular formula is C6H5N3S2. The van der Waals surface area contributed by atoms with Gasteiger partial charge in [-0.25, -0.2) is 4.98 Å². The van der Waals surface area contributed by atoms with Gasteiger partial charge in [-0.1, -0.05) is 0 Å². The third-order valence-electron chi connectivity index (χ3n) is 1.17. The highest BCUT2D eigenvalue weighted by Gasteiger charge is 2.02. The van der Waals surface area contributed by atoms with Crippen molar-refractivity contribution in [2.75, 3.05) is 5.73 Å². The van der Waals surface area contributed by atoms with Crippen molar-refractivity contribution in [3.8, 4) is 9.88 Å². The SMILES string of the molecule is Nc1csc(-c2cncs2)n1. The lowest BCUT2D eigenvalue weighted by molar-refractivity contribution is 1.39. The summed E-state index contributed by atoms with van der Waals surface area (Å²) in [5, 5.41) is 2.78. The number of nitrogens with zero attached hydrogens (tertiary/aromatic N) is 2. The van der Waals surface area contributed by atoms with Crippen LogP contribution in [0.4, 0.5) is 5.82 Å². The Morgan fingerprint density at radius 2 is 2.27 bits per heavy atom. The first-order valence-electron chi connectivity index (χ1n) is 2.96. The van der Waals surface area contributed by atoms with E-state index < -0.39 is 0 Å². The summed E-state index contributed by atoms with van der Waals surface area (Å²) in [6, 6.07) is 0. The summed E-state index contributed by atoms with van der Waals surface area (Å²) in [5.41, 5.74) is 7.25. The third-order valence-corrected chi connectivity index (χ3v) is 2.97. The first kappa shape index (κ1) is 6.75. The number of nitrogen functional groups attached to an aromatic ring is 1. The molecule has 0 aliphatic carbocycles. The zero-order valence-corrected chi connectivity index (χ0v) is 7.15. The molecule has 2 aromatic heterocycles. The summed E-state index contributed by atoms with van der Waals surface area (Å²) in [7, 11) is 0. The molecule has 2 heterocycles. The molecule has 0 saturated heterocycles. The average Bonchev–Trinajstić information content (AvgIpc) is 2.55. The van der Waals surface area contributed by atoms with Crippen molar-refractivity contribution in [3.05, 3.63) is 17.1 Å². The van der Waals surface area contributed by atoms with Gasteiger partial charge < -0.3 is 5.73 Å². The molecule has 0 fully saturated rings. The molecule has 0 aliphatic rings. The summed E-state index contributed by atoms with van der Waals surface area (Å²) in [4.78, 5) is 9.15. The summed E-state index contributed by atoms with van der Waals surface area (Å²) in [5.74, 6) is 0.582. The molecule has 0 saturated carbocycles. The van der Waals surface area contributed by atoms with Gasteiger partial charge in [0, 0.05) is 11.6 Å². The fourth-order valence-corrected chi connectivity index (χ4v) is 2.12. The van der Waals surface area contributed by atoms with Crippen LogP contribution in [-0.4, -0.2) is 9.97 Å². The van der Waals surface area contributed by atoms with E-state index in [1.165, 1.54) is 0 Å². The maximum atomic E-state index is 5.47. The van der Waals surface area contributed by atoms with E-state index in [0.29, 0.717) is 5.82 Å². The fourth-order valence-electron chi connectivity index (χ4n) is 0.721. The molecule has 0 aliphatic heterocycles. The van der Waals surface area contributed by atoms with Crippen molar-refractivity contribution in [1.29, 1.82) is 0 Å². The standard InChI is InChI=1S/C6H5N3S2/c7-5-2-10-6(9-5)4-1-8-3-11-4/h1-3H,7H2. The highest BCUT2D eigenvalue weighted by molar-refractivity contribution is 7.20. The number of aromatic nitrogens is 2. The smallest absolute Gasteiger partial charge is 0.137 e. The molecule has 0 atom stereocenters. The molecular weight excluding hydrogens is 178 g/mol. The lowest BCUT2D eigenvalue weighted by atomic mass is 10.6. The van der Waals surface area contributed by atoms with Crippen molar-refractivity contribution in [3.63, 3.8) is 0 Å². The second-order valence-electron chi connectivity index (χ2n) is 1.94. The van der Waals surface area contributed by atoms with Crippen LogP contribution in [0.2, 0.25) is 0 Å². The monoisotopic (exact) mass is 183 g/mol. The number of nitrogens with two attached hydrogens (primary N) is 1. The van der Waals surface area contributed by atoms with Crippen LogP contribution in [0.25, 0.3) is 9.88 Å². The zero-order valence-electron chi connectivity index (χ0n) is 5.52. The topological polar surface area (TPSA) is 51.8 Å². The fraction of sp³-hybridized carbons (Fsp3) is 0. The van der Waals surface area contributed by atoms with Gasteiger partial charge in [-0.15, -0.1) is 22.7 Å². The van der Waals surface area contributed by atoms with Crippen LogP contribution in [0.15, 0.2) is 17.1 Å². The maximum absolute atomic E-state index is 5.47. The highest BCUT2D eigenvalue weighted by atomic mass is 32.1. The Kier molecular flexibility index (Phi) is 1.59. The Morgan fingerprint density at radius 1 is 1.36 bits per heavy atom. The normalized spacial score (nSPS) is 10.2. The van der Waals surface area contributed by atoms with Crippen LogP contribution in [0.3, 0.4) is 0 Å². The van der Waals surface area contributed by atoms with Gasteiger partial charge >= 0.3 is 0 Å². The first-order valence-corrected chi connectivity index (χ1v) is 4.72. The van der Waals surface area contributed by atoms with Crippen LogP contribution >= 0.6 is 22.7 Å². The van der Waals surface area contributed by atoms with Crippen molar-refractivity contribution in [2.24, 2.45) is 0 Å². The molecule has 0 unspecified atom stereocenters. The van der Waals surface area contributed by atoms with E-state index in [-0.39, 0.29) is 0 Å². The number of hydrogen-bond donors (Lipinski definition) is 1. The number of thiazole rings is 2. The number of hydrogen-bond acceptors (Lipinski definition) is 5. The molecule has 3 nitrogen and oxygen atoms in total. The van der Waals surface area contributed by atoms with Crippen molar-refractivity contribution in [2.45, 2.75) is 0 Å². The van der Waals surface area contributed by atoms with Gasteiger partial charge in [0.05, 0.1) is 10.4 Å². The summed E-state index contributed by atoms with van der Waals surface area (Å²) in [6.45, 7) is 0. The summed E-state index contributed by atoms with van der Waals surface area (Å²) < 4.78 is 0. The predicted octanol–water partition coefficient (Wildman–Crippen LogP) is 1.85. The van der Waals surface area contributed by atoms with Gasteiger partial charge in [0.1, 0.15) is 10.8 Å². The maximum Gasteiger partial charge on any atom is 0.137 e. The van der Waals surface area contributed by atoms with Crippen molar-refractivity contribution >= 4 is 28.5 Å². The van der Waals surface area contributed by atoms with Gasteiger partial charge in [-0.05, 0) is 0 Å². The Hall–Kier alpha value is -0.940. The third kappa shape index (κ3) is 1.24. The summed E-state index contributed by atoms with van der Waals surface area (Å²) in [6.07, 6.45) is 1.79. The van der Waals surface area contributed by atoms with E-state index in [1.54, 1.807) is 34.4 Å². The van der Waals surface area contributed by atoms with Crippen LogP contribution in [-0.2, 0) is 0 Å². The lowest BCUT2D eigenvalue weighted by Crippen LogP contribution is -1.81. The first-order chi connectivity index (χ1) is 5.36. The molecule has 0 bridgehead atoms. The molecule has 56 valence electrons. The number of anilines is 1. The molecule has 2 N–H and O–H groups in total. The van der Waals surface area contributed by atoms with E-state index in [4.69, 9.17) is 5.73 Å². The van der Waals surface area contributed by atoms with Crippen molar-refractivity contribution in [1.82, 2.24) is 9.97 Å². The predicted molar refractivity (Wildman–Crippen MR) is 47.6 cm³/mol. The second-order valence-corrected chi connectivity index (χ2v) is 3.69. The minimum Gasteiger partial charge on any atom is -0.383 e. The number of rotatable bonds is 1. The van der Waals surface area contributed by atoms with E-state index in [2.05, 4.69) is 9.97 Å². The highest BCUT2D eigenvalue weighted by Crippen LogP contribution is 2.26. The zero-order chi connectivity index (χ0) is 7.68. The Bertz CT molecular complexity index is 338. The molecule has 0 amide bonds. The van der Waals surface area contributed by atoms with E-state index in [0.717, 1.165) is 9.88 Å². The van der Waals surface area contributed by atoms with Gasteiger partial charge in [0.25, 0.3) is 0 Å². The van der Waals surface area contributed by atoms with Crippen LogP contribution < -0.4 is 5.73 Å². The van der Waals surface area contributed by atoms with Crippen LogP contribution in [0.5, 0.6) is 0 Å². The molecule has 0 aromatic carbocycles. The van der Waals surface area contributed by atoms with Gasteiger partial charge in [-0.3, -0.25) is 4.98 Å². The molecule has 2 rings (SSSR count). The quantitative estimate of drug-likeness (QED) is 0.734. The van der Waals surface area contributed by atoms with E-state index in [1.807, 2.05) is 5.38 Å². The van der Waals surface area contributed by atoms with Crippen molar-refractivity contribution < 1.29 is 0 Å². The Labute approximate surface area is 71.5 Å². The summed E-state index contributed by atoms with van der Waals surface area (Å²) >= 11 is 3.11. The van der Waals surface area contributed by atoms with Gasteiger partial charge in [-0.2, -0.15) is 0 Å². The largest absolute Gasteiger partial charge is 0.383 e. The molecule has 0 spiro atoms. The average molecular weight is 183 g/mol. The van der Waals surface area contributed by atoms with E-state index >= 15 is 0 Å². The van der Waals surface area contributed by atoms with E-state index in [9.17, 15) is 0 Å². The Morgan fingerprint density at radius 3 is 2.82 bits per heavy atom. The van der Waals surface area contributed by atoms with Gasteiger partial charge in [0.2, 0.25) is 0 Å². The van der Waals surface area contributed by atoms with Crippen LogP contribution in [0.1, 0.15) is 0 Å². The molecule has 0 radical (unpaired) electrons. The van der Waals surface area contributed by atoms with Crippen LogP contribution in [0, 0.1) is 0 Å². The minimum absolute atomic E-state index is 0.582. The lowest BCUT2D eigenvalue weighted by Gasteiger charge is -1.83. The molecule has 5 heteroatoms. The minimum atomic E-state index is 0.582. The molecule has 2 aromatic rings. The Balaban J connectivity index is 2.45. The second kappa shape index (κ2) is 2.60.